The van der Waals surface area contributed by atoms with Gasteiger partial charge in [0.25, 0.3) is 5.91 Å². The SMILES string of the molecule is Cl.O=C(NCC1CNCCO1)c1cncc(Br)c1. The number of ether oxygens (including phenoxy) is 1. The van der Waals surface area contributed by atoms with E-state index < -0.39 is 0 Å². The summed E-state index contributed by atoms with van der Waals surface area (Å²) in [6.45, 7) is 2.86. The van der Waals surface area contributed by atoms with Crippen molar-refractivity contribution in [3.8, 4) is 0 Å². The fraction of sp³-hybridized carbons (Fsp3) is 0.455. The highest BCUT2D eigenvalue weighted by atomic mass is 79.9. The van der Waals surface area contributed by atoms with Crippen molar-refractivity contribution in [2.24, 2.45) is 0 Å². The molecule has 0 aliphatic carbocycles. The first-order valence-corrected chi connectivity index (χ1v) is 6.26. The zero-order valence-electron chi connectivity index (χ0n) is 9.69. The summed E-state index contributed by atoms with van der Waals surface area (Å²) >= 11 is 3.28. The van der Waals surface area contributed by atoms with Gasteiger partial charge in [0.2, 0.25) is 0 Å². The molecule has 1 saturated heterocycles. The van der Waals surface area contributed by atoms with Crippen LogP contribution in [0.15, 0.2) is 22.9 Å². The standard InChI is InChI=1S/C11H14BrN3O2.ClH/c12-9-3-8(4-14-5-9)11(16)15-7-10-6-13-1-2-17-10;/h3-5,10,13H,1-2,6-7H2,(H,15,16);1H. The maximum absolute atomic E-state index is 11.8. The first-order chi connectivity index (χ1) is 8.25. The van der Waals surface area contributed by atoms with Gasteiger partial charge in [-0.1, -0.05) is 0 Å². The van der Waals surface area contributed by atoms with Gasteiger partial charge in [-0.25, -0.2) is 0 Å². The quantitative estimate of drug-likeness (QED) is 0.864. The molecule has 1 aliphatic rings. The average Bonchev–Trinajstić information content (AvgIpc) is 2.37. The van der Waals surface area contributed by atoms with Gasteiger partial charge in [-0.15, -0.1) is 12.4 Å². The molecule has 1 aliphatic heterocycles. The molecule has 0 radical (unpaired) electrons. The molecule has 18 heavy (non-hydrogen) atoms. The smallest absolute Gasteiger partial charge is 0.252 e. The number of morpholine rings is 1. The van der Waals surface area contributed by atoms with E-state index in [0.29, 0.717) is 18.7 Å². The van der Waals surface area contributed by atoms with Gasteiger partial charge in [0.05, 0.1) is 18.3 Å². The third kappa shape index (κ3) is 4.53. The van der Waals surface area contributed by atoms with E-state index in [2.05, 4.69) is 31.5 Å². The highest BCUT2D eigenvalue weighted by molar-refractivity contribution is 9.10. The van der Waals surface area contributed by atoms with Gasteiger partial charge in [-0.2, -0.15) is 0 Å². The third-order valence-corrected chi connectivity index (χ3v) is 2.90. The molecule has 2 rings (SSSR count). The molecule has 0 spiro atoms. The van der Waals surface area contributed by atoms with E-state index in [9.17, 15) is 4.79 Å². The zero-order chi connectivity index (χ0) is 12.1. The number of amides is 1. The molecule has 2 N–H and O–H groups in total. The molecule has 1 aromatic rings. The van der Waals surface area contributed by atoms with E-state index in [4.69, 9.17) is 4.74 Å². The molecule has 0 saturated carbocycles. The zero-order valence-corrected chi connectivity index (χ0v) is 12.1. The van der Waals surface area contributed by atoms with Crippen molar-refractivity contribution in [2.45, 2.75) is 6.10 Å². The van der Waals surface area contributed by atoms with E-state index >= 15 is 0 Å². The molecule has 1 atom stereocenters. The fourth-order valence-corrected chi connectivity index (χ4v) is 1.96. The van der Waals surface area contributed by atoms with Crippen LogP contribution in [0.5, 0.6) is 0 Å². The van der Waals surface area contributed by atoms with Crippen molar-refractivity contribution in [2.75, 3.05) is 26.2 Å². The molecule has 0 aromatic carbocycles. The molecule has 1 fully saturated rings. The van der Waals surface area contributed by atoms with E-state index in [0.717, 1.165) is 17.6 Å². The summed E-state index contributed by atoms with van der Waals surface area (Å²) in [6, 6.07) is 1.74. The highest BCUT2D eigenvalue weighted by Gasteiger charge is 2.14. The Kier molecular flexibility index (Phi) is 6.56. The maximum Gasteiger partial charge on any atom is 0.252 e. The summed E-state index contributed by atoms with van der Waals surface area (Å²) in [4.78, 5) is 15.7. The Morgan fingerprint density at radius 2 is 2.44 bits per heavy atom. The number of aromatic nitrogens is 1. The van der Waals surface area contributed by atoms with Crippen molar-refractivity contribution >= 4 is 34.2 Å². The number of hydrogen-bond donors (Lipinski definition) is 2. The number of rotatable bonds is 3. The highest BCUT2D eigenvalue weighted by Crippen LogP contribution is 2.09. The van der Waals surface area contributed by atoms with Crippen molar-refractivity contribution in [3.05, 3.63) is 28.5 Å². The predicted molar refractivity (Wildman–Crippen MR) is 74.1 cm³/mol. The molecule has 7 heteroatoms. The van der Waals surface area contributed by atoms with E-state index in [-0.39, 0.29) is 24.4 Å². The van der Waals surface area contributed by atoms with Crippen molar-refractivity contribution in [1.29, 1.82) is 0 Å². The van der Waals surface area contributed by atoms with Gasteiger partial charge >= 0.3 is 0 Å². The lowest BCUT2D eigenvalue weighted by Crippen LogP contribution is -2.45. The van der Waals surface area contributed by atoms with Gasteiger partial charge in [0, 0.05) is 36.5 Å². The Morgan fingerprint density at radius 3 is 3.11 bits per heavy atom. The summed E-state index contributed by atoms with van der Waals surface area (Å²) in [5, 5.41) is 6.04. The monoisotopic (exact) mass is 335 g/mol. The molecule has 1 amide bonds. The van der Waals surface area contributed by atoms with E-state index in [1.54, 1.807) is 18.5 Å². The molecule has 1 unspecified atom stereocenters. The predicted octanol–water partition coefficient (Wildman–Crippen LogP) is 0.984. The van der Waals surface area contributed by atoms with Crippen LogP contribution in [0, 0.1) is 0 Å². The fourth-order valence-electron chi connectivity index (χ4n) is 1.60. The summed E-state index contributed by atoms with van der Waals surface area (Å²) in [6.07, 6.45) is 3.23. The van der Waals surface area contributed by atoms with Crippen molar-refractivity contribution < 1.29 is 9.53 Å². The second-order valence-electron chi connectivity index (χ2n) is 3.80. The van der Waals surface area contributed by atoms with Crippen LogP contribution in [-0.2, 0) is 4.74 Å². The van der Waals surface area contributed by atoms with Crippen LogP contribution >= 0.6 is 28.3 Å². The Bertz CT molecular complexity index is 400. The number of hydrogen-bond acceptors (Lipinski definition) is 4. The minimum absolute atomic E-state index is 0. The summed E-state index contributed by atoms with van der Waals surface area (Å²) in [5.74, 6) is -0.132. The molecule has 5 nitrogen and oxygen atoms in total. The first kappa shape index (κ1) is 15.4. The van der Waals surface area contributed by atoms with Gasteiger partial charge in [-0.05, 0) is 22.0 Å². The van der Waals surface area contributed by atoms with E-state index in [1.807, 2.05) is 0 Å². The van der Waals surface area contributed by atoms with Crippen molar-refractivity contribution in [3.63, 3.8) is 0 Å². The normalized spacial score (nSPS) is 18.8. The second kappa shape index (κ2) is 7.68. The molecular formula is C11H15BrClN3O2. The van der Waals surface area contributed by atoms with E-state index in [1.165, 1.54) is 0 Å². The van der Waals surface area contributed by atoms with Crippen LogP contribution in [0.4, 0.5) is 0 Å². The van der Waals surface area contributed by atoms with Gasteiger partial charge in [0.1, 0.15) is 0 Å². The number of carbonyl (C=O) groups is 1. The number of nitrogens with one attached hydrogen (secondary N) is 2. The Balaban J connectivity index is 0.00000162. The number of carbonyl (C=O) groups excluding carboxylic acids is 1. The topological polar surface area (TPSA) is 63.2 Å². The molecule has 100 valence electrons. The molecule has 0 bridgehead atoms. The maximum atomic E-state index is 11.8. The summed E-state index contributed by atoms with van der Waals surface area (Å²) in [7, 11) is 0. The first-order valence-electron chi connectivity index (χ1n) is 5.47. The molecule has 2 heterocycles. The minimum atomic E-state index is -0.132. The van der Waals surface area contributed by atoms with Gasteiger partial charge in [0.15, 0.2) is 0 Å². The number of halogens is 2. The van der Waals surface area contributed by atoms with Gasteiger partial charge in [-0.3, -0.25) is 9.78 Å². The Hall–Kier alpha value is -0.690. The van der Waals surface area contributed by atoms with Crippen LogP contribution < -0.4 is 10.6 Å². The van der Waals surface area contributed by atoms with Crippen LogP contribution in [0.1, 0.15) is 10.4 Å². The van der Waals surface area contributed by atoms with Crippen LogP contribution in [0.3, 0.4) is 0 Å². The van der Waals surface area contributed by atoms with Crippen LogP contribution in [0.25, 0.3) is 0 Å². The summed E-state index contributed by atoms with van der Waals surface area (Å²) in [5.41, 5.74) is 0.545. The second-order valence-corrected chi connectivity index (χ2v) is 4.71. The van der Waals surface area contributed by atoms with Crippen LogP contribution in [0.2, 0.25) is 0 Å². The molecular weight excluding hydrogens is 321 g/mol. The average molecular weight is 337 g/mol. The lowest BCUT2D eigenvalue weighted by atomic mass is 10.2. The number of nitrogens with zero attached hydrogens (tertiary/aromatic N) is 1. The van der Waals surface area contributed by atoms with Crippen molar-refractivity contribution in [1.82, 2.24) is 15.6 Å². The number of pyridine rings is 1. The van der Waals surface area contributed by atoms with Crippen LogP contribution in [-0.4, -0.2) is 43.2 Å². The lowest BCUT2D eigenvalue weighted by molar-refractivity contribution is 0.0287. The molecule has 1 aromatic heterocycles. The largest absolute Gasteiger partial charge is 0.374 e. The Morgan fingerprint density at radius 1 is 1.61 bits per heavy atom. The minimum Gasteiger partial charge on any atom is -0.374 e. The third-order valence-electron chi connectivity index (χ3n) is 2.46. The summed E-state index contributed by atoms with van der Waals surface area (Å²) < 4.78 is 6.28. The Labute approximate surface area is 120 Å². The lowest BCUT2D eigenvalue weighted by Gasteiger charge is -2.23. The van der Waals surface area contributed by atoms with Gasteiger partial charge < -0.3 is 15.4 Å².